The zero-order valence-corrected chi connectivity index (χ0v) is 10.1. The molecule has 3 rings (SSSR count). The second-order valence-electron chi connectivity index (χ2n) is 5.11. The van der Waals surface area contributed by atoms with Crippen LogP contribution in [-0.4, -0.2) is 37.7 Å². The molecule has 2 unspecified atom stereocenters. The summed E-state index contributed by atoms with van der Waals surface area (Å²) >= 11 is 0. The molecular weight excluding hydrogens is 232 g/mol. The van der Waals surface area contributed by atoms with Gasteiger partial charge in [-0.25, -0.2) is 0 Å². The second kappa shape index (κ2) is 4.51. The Hall–Kier alpha value is -1.14. The normalized spacial score (nSPS) is 33.6. The van der Waals surface area contributed by atoms with Crippen molar-refractivity contribution in [3.63, 3.8) is 0 Å². The van der Waals surface area contributed by atoms with E-state index in [4.69, 9.17) is 0 Å². The Morgan fingerprint density at radius 2 is 1.50 bits per heavy atom. The van der Waals surface area contributed by atoms with Crippen LogP contribution < -0.4 is 0 Å². The molecule has 0 radical (unpaired) electrons. The van der Waals surface area contributed by atoms with E-state index in [1.165, 1.54) is 10.1 Å². The van der Waals surface area contributed by atoms with Crippen molar-refractivity contribution >= 4 is 0 Å². The maximum absolute atomic E-state index is 10.3. The maximum atomic E-state index is 10.3. The van der Waals surface area contributed by atoms with Crippen molar-refractivity contribution in [2.24, 2.45) is 0 Å². The van der Waals surface area contributed by atoms with Crippen LogP contribution in [0.1, 0.15) is 37.4 Å². The van der Waals surface area contributed by atoms with Gasteiger partial charge in [0.05, 0.1) is 12.1 Å². The SMILES string of the molecule is Oc1ccccc1C1N(O)C2CCCCC2N1O. The summed E-state index contributed by atoms with van der Waals surface area (Å²) in [5, 5.41) is 32.8. The average molecular weight is 250 g/mol. The first kappa shape index (κ1) is 11.9. The summed E-state index contributed by atoms with van der Waals surface area (Å²) in [6, 6.07) is 6.72. The molecule has 0 amide bonds. The lowest BCUT2D eigenvalue weighted by Crippen LogP contribution is -2.37. The fraction of sp³-hybridized carbons (Fsp3) is 0.538. The summed E-state index contributed by atoms with van der Waals surface area (Å²) < 4.78 is 0. The van der Waals surface area contributed by atoms with E-state index < -0.39 is 6.17 Å². The van der Waals surface area contributed by atoms with Crippen LogP contribution in [0.15, 0.2) is 24.3 Å². The van der Waals surface area contributed by atoms with E-state index in [1.54, 1.807) is 24.3 Å². The molecule has 1 heterocycles. The lowest BCUT2D eigenvalue weighted by Gasteiger charge is -2.27. The highest BCUT2D eigenvalue weighted by Crippen LogP contribution is 2.42. The molecule has 0 bridgehead atoms. The van der Waals surface area contributed by atoms with E-state index in [-0.39, 0.29) is 17.8 Å². The average Bonchev–Trinajstić information content (AvgIpc) is 2.64. The summed E-state index contributed by atoms with van der Waals surface area (Å²) in [6.07, 6.45) is 3.23. The van der Waals surface area contributed by atoms with Crippen molar-refractivity contribution < 1.29 is 15.5 Å². The van der Waals surface area contributed by atoms with Crippen molar-refractivity contribution in [3.8, 4) is 5.75 Å². The van der Waals surface area contributed by atoms with Gasteiger partial charge in [0.2, 0.25) is 0 Å². The Morgan fingerprint density at radius 1 is 0.944 bits per heavy atom. The van der Waals surface area contributed by atoms with Crippen LogP contribution in [0, 0.1) is 0 Å². The number of hydrogen-bond donors (Lipinski definition) is 3. The van der Waals surface area contributed by atoms with Gasteiger partial charge in [-0.3, -0.25) is 0 Å². The number of fused-ring (bicyclic) bond motifs is 1. The molecule has 98 valence electrons. The summed E-state index contributed by atoms with van der Waals surface area (Å²) in [5.74, 6) is 0.0965. The van der Waals surface area contributed by atoms with Crippen LogP contribution >= 0.6 is 0 Å². The van der Waals surface area contributed by atoms with Gasteiger partial charge in [-0.15, -0.1) is 0 Å². The number of benzene rings is 1. The third kappa shape index (κ3) is 1.71. The van der Waals surface area contributed by atoms with Crippen molar-refractivity contribution in [1.29, 1.82) is 0 Å². The Balaban J connectivity index is 1.95. The van der Waals surface area contributed by atoms with Gasteiger partial charge in [0.1, 0.15) is 11.9 Å². The minimum atomic E-state index is -0.667. The number of para-hydroxylation sites is 1. The van der Waals surface area contributed by atoms with Gasteiger partial charge in [-0.05, 0) is 18.9 Å². The number of rotatable bonds is 1. The summed E-state index contributed by atoms with van der Waals surface area (Å²) in [6.45, 7) is 0. The molecule has 1 saturated carbocycles. The maximum Gasteiger partial charge on any atom is 0.139 e. The number of hydrogen-bond acceptors (Lipinski definition) is 5. The number of phenols is 1. The number of nitrogens with zero attached hydrogens (tertiary/aromatic N) is 2. The topological polar surface area (TPSA) is 67.2 Å². The largest absolute Gasteiger partial charge is 0.508 e. The molecule has 1 aromatic carbocycles. The Kier molecular flexibility index (Phi) is 2.99. The first-order valence-electron chi connectivity index (χ1n) is 6.42. The molecular formula is C13H18N2O3. The van der Waals surface area contributed by atoms with Crippen LogP contribution in [0.25, 0.3) is 0 Å². The van der Waals surface area contributed by atoms with Crippen LogP contribution in [0.2, 0.25) is 0 Å². The molecule has 5 nitrogen and oxygen atoms in total. The zero-order valence-electron chi connectivity index (χ0n) is 10.1. The van der Waals surface area contributed by atoms with E-state index in [2.05, 4.69) is 0 Å². The Bertz CT molecular complexity index is 422. The van der Waals surface area contributed by atoms with Gasteiger partial charge in [0.15, 0.2) is 0 Å². The fourth-order valence-electron chi connectivity index (χ4n) is 3.18. The van der Waals surface area contributed by atoms with Crippen molar-refractivity contribution in [1.82, 2.24) is 10.1 Å². The van der Waals surface area contributed by atoms with Crippen molar-refractivity contribution in [2.45, 2.75) is 43.9 Å². The summed E-state index contributed by atoms with van der Waals surface area (Å²) in [5.41, 5.74) is 0.539. The number of phenolic OH excluding ortho intramolecular Hbond substituents is 1. The van der Waals surface area contributed by atoms with Crippen LogP contribution in [0.5, 0.6) is 5.75 Å². The molecule has 0 spiro atoms. The minimum absolute atomic E-state index is 0.0478. The first-order chi connectivity index (χ1) is 8.70. The summed E-state index contributed by atoms with van der Waals surface area (Å²) in [7, 11) is 0. The van der Waals surface area contributed by atoms with Crippen molar-refractivity contribution in [3.05, 3.63) is 29.8 Å². The molecule has 3 N–H and O–H groups in total. The van der Waals surface area contributed by atoms with Gasteiger partial charge in [0, 0.05) is 5.56 Å². The van der Waals surface area contributed by atoms with Crippen LogP contribution in [0.4, 0.5) is 0 Å². The zero-order chi connectivity index (χ0) is 12.7. The molecule has 5 heteroatoms. The van der Waals surface area contributed by atoms with Gasteiger partial charge in [-0.2, -0.15) is 10.1 Å². The number of aromatic hydroxyl groups is 1. The highest BCUT2D eigenvalue weighted by Gasteiger charge is 2.48. The highest BCUT2D eigenvalue weighted by atomic mass is 16.6. The van der Waals surface area contributed by atoms with Gasteiger partial charge < -0.3 is 15.5 Å². The molecule has 1 aliphatic heterocycles. The smallest absolute Gasteiger partial charge is 0.139 e. The molecule has 0 aromatic heterocycles. The molecule has 1 saturated heterocycles. The second-order valence-corrected chi connectivity index (χ2v) is 5.11. The molecule has 1 aromatic rings. The van der Waals surface area contributed by atoms with Gasteiger partial charge >= 0.3 is 0 Å². The standard InChI is InChI=1S/C13H18N2O3/c16-12-8-4-1-5-9(12)13-14(17)10-6-2-3-7-11(10)15(13)18/h1,4-5,8,10-11,13,16-18H,2-3,6-7H2. The monoisotopic (exact) mass is 250 g/mol. The van der Waals surface area contributed by atoms with E-state index in [0.29, 0.717) is 5.56 Å². The lowest BCUT2D eigenvalue weighted by atomic mass is 9.91. The molecule has 1 aliphatic carbocycles. The van der Waals surface area contributed by atoms with E-state index in [1.807, 2.05) is 0 Å². The minimum Gasteiger partial charge on any atom is -0.508 e. The van der Waals surface area contributed by atoms with E-state index >= 15 is 0 Å². The predicted molar refractivity (Wildman–Crippen MR) is 64.1 cm³/mol. The quantitative estimate of drug-likeness (QED) is 0.712. The molecule has 2 atom stereocenters. The third-order valence-corrected chi connectivity index (χ3v) is 4.09. The van der Waals surface area contributed by atoms with Crippen LogP contribution in [-0.2, 0) is 0 Å². The molecule has 18 heavy (non-hydrogen) atoms. The first-order valence-corrected chi connectivity index (χ1v) is 6.42. The van der Waals surface area contributed by atoms with Gasteiger partial charge in [0.25, 0.3) is 0 Å². The van der Waals surface area contributed by atoms with Gasteiger partial charge in [-0.1, -0.05) is 31.0 Å². The predicted octanol–water partition coefficient (Wildman–Crippen LogP) is 2.10. The highest BCUT2D eigenvalue weighted by molar-refractivity contribution is 5.34. The Morgan fingerprint density at radius 3 is 2.06 bits per heavy atom. The fourth-order valence-corrected chi connectivity index (χ4v) is 3.18. The summed E-state index contributed by atoms with van der Waals surface area (Å²) in [4.78, 5) is 0. The lowest BCUT2D eigenvalue weighted by molar-refractivity contribution is -0.211. The van der Waals surface area contributed by atoms with Crippen LogP contribution in [0.3, 0.4) is 0 Å². The van der Waals surface area contributed by atoms with E-state index in [9.17, 15) is 15.5 Å². The number of hydroxylamine groups is 4. The Labute approximate surface area is 106 Å². The molecule has 2 fully saturated rings. The third-order valence-electron chi connectivity index (χ3n) is 4.09. The van der Waals surface area contributed by atoms with Crippen molar-refractivity contribution in [2.75, 3.05) is 0 Å². The van der Waals surface area contributed by atoms with E-state index in [0.717, 1.165) is 25.7 Å². The molecule has 2 aliphatic rings.